The number of hydrogen-bond donors (Lipinski definition) is 1. The predicted octanol–water partition coefficient (Wildman–Crippen LogP) is 6.06. The van der Waals surface area contributed by atoms with Crippen molar-refractivity contribution in [2.24, 2.45) is 0 Å². The van der Waals surface area contributed by atoms with Gasteiger partial charge in [0.2, 0.25) is 11.8 Å². The van der Waals surface area contributed by atoms with Crippen molar-refractivity contribution >= 4 is 27.5 Å². The molecular weight excluding hydrogens is 570 g/mol. The molecule has 4 rings (SSSR count). The van der Waals surface area contributed by atoms with Gasteiger partial charge in [-0.2, -0.15) is 0 Å². The van der Waals surface area contributed by atoms with Crippen molar-refractivity contribution in [1.82, 2.24) is 10.2 Å². The highest BCUT2D eigenvalue weighted by atomic mass is 32.2. The second-order valence-electron chi connectivity index (χ2n) is 11.0. The molecule has 8 heteroatoms. The van der Waals surface area contributed by atoms with Gasteiger partial charge in [0.05, 0.1) is 10.6 Å². The van der Waals surface area contributed by atoms with Gasteiger partial charge in [0.1, 0.15) is 12.6 Å². The van der Waals surface area contributed by atoms with E-state index in [1.807, 2.05) is 87.5 Å². The van der Waals surface area contributed by atoms with Crippen molar-refractivity contribution in [3.63, 3.8) is 0 Å². The van der Waals surface area contributed by atoms with Gasteiger partial charge in [0.25, 0.3) is 10.0 Å². The van der Waals surface area contributed by atoms with Gasteiger partial charge in [-0.15, -0.1) is 0 Å². The monoisotopic (exact) mass is 611 g/mol. The molecular formula is C36H41N3O4S. The van der Waals surface area contributed by atoms with E-state index in [9.17, 15) is 18.0 Å². The fourth-order valence-corrected chi connectivity index (χ4v) is 6.60. The molecule has 0 heterocycles. The van der Waals surface area contributed by atoms with Crippen LogP contribution in [0.4, 0.5) is 5.69 Å². The largest absolute Gasteiger partial charge is 0.354 e. The van der Waals surface area contributed by atoms with Crippen LogP contribution in [0, 0.1) is 13.8 Å². The molecule has 2 amide bonds. The van der Waals surface area contributed by atoms with Crippen LogP contribution in [0.3, 0.4) is 0 Å². The number of amides is 2. The Morgan fingerprint density at radius 2 is 1.32 bits per heavy atom. The highest BCUT2D eigenvalue weighted by Crippen LogP contribution is 2.27. The molecule has 0 saturated heterocycles. The number of nitrogens with zero attached hydrogens (tertiary/aromatic N) is 2. The van der Waals surface area contributed by atoms with E-state index in [-0.39, 0.29) is 23.8 Å². The molecule has 0 bridgehead atoms. The van der Waals surface area contributed by atoms with Gasteiger partial charge in [0.15, 0.2) is 0 Å². The third-order valence-corrected chi connectivity index (χ3v) is 9.19. The molecule has 1 N–H and O–H groups in total. The Kier molecular flexibility index (Phi) is 11.3. The third-order valence-electron chi connectivity index (χ3n) is 7.40. The normalized spacial score (nSPS) is 11.9. The lowest BCUT2D eigenvalue weighted by Gasteiger charge is -2.34. The van der Waals surface area contributed by atoms with E-state index in [0.717, 1.165) is 39.4 Å². The van der Waals surface area contributed by atoms with Gasteiger partial charge in [-0.3, -0.25) is 13.9 Å². The molecule has 0 aliphatic carbocycles. The molecule has 0 radical (unpaired) electrons. The zero-order valence-electron chi connectivity index (χ0n) is 25.6. The van der Waals surface area contributed by atoms with Crippen LogP contribution in [0.25, 0.3) is 0 Å². The van der Waals surface area contributed by atoms with E-state index in [1.54, 1.807) is 30.3 Å². The molecule has 4 aromatic carbocycles. The van der Waals surface area contributed by atoms with Crippen molar-refractivity contribution in [3.8, 4) is 0 Å². The van der Waals surface area contributed by atoms with Crippen LogP contribution in [-0.4, -0.2) is 44.3 Å². The molecule has 0 unspecified atom stereocenters. The van der Waals surface area contributed by atoms with Gasteiger partial charge in [-0.25, -0.2) is 8.42 Å². The summed E-state index contributed by atoms with van der Waals surface area (Å²) < 4.78 is 29.4. The summed E-state index contributed by atoms with van der Waals surface area (Å²) in [4.78, 5) is 29.9. The Bertz CT molecular complexity index is 1610. The number of anilines is 1. The van der Waals surface area contributed by atoms with E-state index >= 15 is 0 Å². The van der Waals surface area contributed by atoms with Crippen molar-refractivity contribution in [3.05, 3.63) is 131 Å². The number of aryl methyl sites for hydroxylation is 2. The number of carbonyl (C=O) groups is 2. The van der Waals surface area contributed by atoms with Crippen molar-refractivity contribution in [2.45, 2.75) is 57.5 Å². The summed E-state index contributed by atoms with van der Waals surface area (Å²) in [5.74, 6) is -0.741. The molecule has 7 nitrogen and oxygen atoms in total. The van der Waals surface area contributed by atoms with Gasteiger partial charge >= 0.3 is 0 Å². The maximum atomic E-state index is 14.5. The van der Waals surface area contributed by atoms with E-state index in [0.29, 0.717) is 12.2 Å². The minimum absolute atomic E-state index is 0.0831. The lowest BCUT2D eigenvalue weighted by molar-refractivity contribution is -0.140. The summed E-state index contributed by atoms with van der Waals surface area (Å²) in [6.45, 7) is 6.00. The van der Waals surface area contributed by atoms with Crippen LogP contribution in [-0.2, 0) is 32.6 Å². The summed E-state index contributed by atoms with van der Waals surface area (Å²) in [5, 5.41) is 3.02. The van der Waals surface area contributed by atoms with Crippen molar-refractivity contribution in [2.75, 3.05) is 17.4 Å². The van der Waals surface area contributed by atoms with Crippen LogP contribution in [0.1, 0.15) is 42.0 Å². The molecule has 44 heavy (non-hydrogen) atoms. The highest BCUT2D eigenvalue weighted by Gasteiger charge is 2.34. The Morgan fingerprint density at radius 1 is 0.773 bits per heavy atom. The molecule has 0 saturated carbocycles. The zero-order valence-corrected chi connectivity index (χ0v) is 26.5. The fraction of sp³-hybridized carbons (Fsp3) is 0.278. The first kappa shape index (κ1) is 32.5. The first-order valence-corrected chi connectivity index (χ1v) is 16.4. The van der Waals surface area contributed by atoms with Crippen LogP contribution < -0.4 is 9.62 Å². The number of rotatable bonds is 14. The maximum Gasteiger partial charge on any atom is 0.264 e. The average Bonchev–Trinajstić information content (AvgIpc) is 3.02. The molecule has 0 aromatic heterocycles. The third kappa shape index (κ3) is 8.57. The Hall–Kier alpha value is -4.43. The number of sulfonamides is 1. The molecule has 0 aliphatic heterocycles. The smallest absolute Gasteiger partial charge is 0.264 e. The van der Waals surface area contributed by atoms with Gasteiger partial charge in [-0.1, -0.05) is 98.3 Å². The van der Waals surface area contributed by atoms with E-state index in [1.165, 1.54) is 17.0 Å². The summed E-state index contributed by atoms with van der Waals surface area (Å²) >= 11 is 0. The summed E-state index contributed by atoms with van der Waals surface area (Å²) in [6, 6.07) is 31.8. The van der Waals surface area contributed by atoms with Crippen LogP contribution in [0.15, 0.2) is 114 Å². The summed E-state index contributed by atoms with van der Waals surface area (Å²) in [7, 11) is -4.13. The Balaban J connectivity index is 1.79. The van der Waals surface area contributed by atoms with E-state index < -0.39 is 28.5 Å². The Morgan fingerprint density at radius 3 is 1.89 bits per heavy atom. The van der Waals surface area contributed by atoms with Crippen LogP contribution in [0.2, 0.25) is 0 Å². The van der Waals surface area contributed by atoms with E-state index in [4.69, 9.17) is 0 Å². The molecule has 0 spiro atoms. The number of nitrogens with one attached hydrogen (secondary N) is 1. The number of hydrogen-bond acceptors (Lipinski definition) is 4. The quantitative estimate of drug-likeness (QED) is 0.176. The van der Waals surface area contributed by atoms with Gasteiger partial charge < -0.3 is 10.2 Å². The highest BCUT2D eigenvalue weighted by molar-refractivity contribution is 7.92. The second kappa shape index (κ2) is 15.3. The zero-order chi connectivity index (χ0) is 31.5. The fourth-order valence-electron chi connectivity index (χ4n) is 5.18. The minimum Gasteiger partial charge on any atom is -0.354 e. The predicted molar refractivity (Wildman–Crippen MR) is 176 cm³/mol. The molecule has 230 valence electrons. The Labute approximate surface area is 261 Å². The molecule has 1 atom stereocenters. The lowest BCUT2D eigenvalue weighted by Crippen LogP contribution is -2.53. The van der Waals surface area contributed by atoms with Gasteiger partial charge in [-0.05, 0) is 66.8 Å². The number of unbranched alkanes of at least 4 members (excludes halogenated alkanes) is 1. The van der Waals surface area contributed by atoms with E-state index in [2.05, 4.69) is 5.32 Å². The first-order valence-electron chi connectivity index (χ1n) is 15.0. The lowest BCUT2D eigenvalue weighted by atomic mass is 10.0. The molecule has 4 aromatic rings. The molecule has 0 aliphatic rings. The number of carbonyl (C=O) groups excluding carboxylic acids is 2. The number of benzene rings is 4. The second-order valence-corrected chi connectivity index (χ2v) is 12.9. The molecule has 0 fully saturated rings. The minimum atomic E-state index is -4.13. The maximum absolute atomic E-state index is 14.5. The summed E-state index contributed by atoms with van der Waals surface area (Å²) in [6.07, 6.45) is 2.01. The first-order chi connectivity index (χ1) is 21.2. The van der Waals surface area contributed by atoms with Crippen molar-refractivity contribution < 1.29 is 18.0 Å². The van der Waals surface area contributed by atoms with Crippen molar-refractivity contribution in [1.29, 1.82) is 0 Å². The standard InChI is InChI=1S/C36H41N3O4S/c1-4-5-21-37-36(41)34(25-30-15-9-6-10-16-30)38(26-31-17-11-7-12-18-31)35(40)27-39(32-23-28(2)22-29(3)24-32)44(42,43)33-19-13-8-14-20-33/h6-20,22-24,34H,4-5,21,25-27H2,1-3H3,(H,37,41)/t34-/m1/s1. The summed E-state index contributed by atoms with van der Waals surface area (Å²) in [5.41, 5.74) is 3.88. The van der Waals surface area contributed by atoms with Crippen LogP contribution in [0.5, 0.6) is 0 Å². The SMILES string of the molecule is CCCCNC(=O)[C@@H](Cc1ccccc1)N(Cc1ccccc1)C(=O)CN(c1cc(C)cc(C)c1)S(=O)(=O)c1ccccc1. The average molecular weight is 612 g/mol. The topological polar surface area (TPSA) is 86.8 Å². The van der Waals surface area contributed by atoms with Crippen LogP contribution >= 0.6 is 0 Å². The van der Waals surface area contributed by atoms with Gasteiger partial charge in [0, 0.05) is 19.5 Å².